The van der Waals surface area contributed by atoms with Gasteiger partial charge in [-0.2, -0.15) is 0 Å². The van der Waals surface area contributed by atoms with Crippen LogP contribution < -0.4 is 0 Å². The lowest BCUT2D eigenvalue weighted by atomic mass is 9.87. The Labute approximate surface area is 330 Å². The molecule has 0 saturated heterocycles. The zero-order valence-corrected chi connectivity index (χ0v) is 38.2. The maximum atomic E-state index is 10.6. The molecule has 0 fully saturated rings. The topological polar surface area (TPSA) is 160 Å². The van der Waals surface area contributed by atoms with Crippen LogP contribution in [0.5, 0.6) is 0 Å². The lowest BCUT2D eigenvalue weighted by Crippen LogP contribution is -2.27. The van der Waals surface area contributed by atoms with Crippen molar-refractivity contribution in [2.45, 2.75) is 176 Å². The van der Waals surface area contributed by atoms with Gasteiger partial charge in [0, 0.05) is 32.0 Å². The average molecular weight is 763 g/mol. The first kappa shape index (κ1) is 66.1. The van der Waals surface area contributed by atoms with E-state index in [-0.39, 0.29) is 17.3 Å². The fourth-order valence-corrected chi connectivity index (χ4v) is 3.95. The van der Waals surface area contributed by atoms with Crippen molar-refractivity contribution in [3.63, 3.8) is 0 Å². The summed E-state index contributed by atoms with van der Waals surface area (Å²) in [4.78, 5) is 40.3. The number of aliphatic hydroxyl groups is 3. The van der Waals surface area contributed by atoms with Gasteiger partial charge in [0.1, 0.15) is 25.1 Å². The highest BCUT2D eigenvalue weighted by molar-refractivity contribution is 5.73. The molecule has 0 saturated carbocycles. The standard InChI is InChI=1S/C10H20O2.C10H22O.C10H18O.C5H12O.2C5H10O.H2O/c1-7(2)5-10(12)9(6-11)8(3)4;2*1-8(2)5-6-10(7-11)9(3)4;3*1-5(2)3-4-6;/h6-10,12H,5H2,1-4H3;8-11H,5-7H2,1-4H3;6-9H,5H2,1-4H3;5-6H,3-4H2,1-2H3;2*4-5H,3H2,1-2H3;1H2/b;;10-6-;;;;. The van der Waals surface area contributed by atoms with Crippen molar-refractivity contribution in [1.82, 2.24) is 0 Å². The molecule has 0 spiro atoms. The van der Waals surface area contributed by atoms with Gasteiger partial charge in [-0.1, -0.05) is 137 Å². The summed E-state index contributed by atoms with van der Waals surface area (Å²) in [6.07, 6.45) is 11.8. The number of carbonyl (C=O) groups excluding carboxylic acids is 4. The zero-order chi connectivity index (χ0) is 42.4. The molecule has 3 unspecified atom stereocenters. The summed E-state index contributed by atoms with van der Waals surface area (Å²) >= 11 is 0. The predicted octanol–water partition coefficient (Wildman–Crippen LogP) is 10.0. The van der Waals surface area contributed by atoms with Gasteiger partial charge < -0.3 is 35.2 Å². The van der Waals surface area contributed by atoms with Gasteiger partial charge in [0.2, 0.25) is 0 Å². The molecule has 53 heavy (non-hydrogen) atoms. The second kappa shape index (κ2) is 46.4. The van der Waals surface area contributed by atoms with E-state index in [1.807, 2.05) is 75.3 Å². The lowest BCUT2D eigenvalue weighted by molar-refractivity contribution is -0.116. The third-order valence-corrected chi connectivity index (χ3v) is 7.85. The molecule has 0 aliphatic heterocycles. The molecule has 8 heteroatoms. The van der Waals surface area contributed by atoms with E-state index in [0.29, 0.717) is 79.8 Å². The van der Waals surface area contributed by atoms with Gasteiger partial charge in [0.05, 0.1) is 6.10 Å². The quantitative estimate of drug-likeness (QED) is 0.0822. The Morgan fingerprint density at radius 1 is 0.528 bits per heavy atom. The first-order chi connectivity index (χ1) is 23.9. The number of allylic oxidation sites excluding steroid dienone is 2. The molecule has 0 bridgehead atoms. The Hall–Kier alpha value is -1.74. The van der Waals surface area contributed by atoms with Crippen LogP contribution in [0.1, 0.15) is 170 Å². The maximum absolute atomic E-state index is 10.6. The van der Waals surface area contributed by atoms with Crippen LogP contribution in [0.2, 0.25) is 0 Å². The smallest absolute Gasteiger partial charge is 0.145 e. The van der Waals surface area contributed by atoms with Crippen LogP contribution in [0.15, 0.2) is 11.6 Å². The normalized spacial score (nSPS) is 12.6. The van der Waals surface area contributed by atoms with Gasteiger partial charge in [0.15, 0.2) is 0 Å². The molecule has 0 aromatic carbocycles. The summed E-state index contributed by atoms with van der Waals surface area (Å²) < 4.78 is 0. The first-order valence-corrected chi connectivity index (χ1v) is 20.3. The van der Waals surface area contributed by atoms with Crippen molar-refractivity contribution in [1.29, 1.82) is 0 Å². The van der Waals surface area contributed by atoms with Gasteiger partial charge >= 0.3 is 0 Å². The zero-order valence-electron chi connectivity index (χ0n) is 38.2. The van der Waals surface area contributed by atoms with Crippen molar-refractivity contribution in [2.75, 3.05) is 13.2 Å². The SMILES string of the molecule is CC(C)C/C=C(/C=O)C(C)C.CC(C)CC(O)C(C=O)C(C)C.CC(C)CC=O.CC(C)CC=O.CC(C)CCC(CO)C(C)C.CC(C)CCO.O. The van der Waals surface area contributed by atoms with Gasteiger partial charge in [-0.15, -0.1) is 0 Å². The number of rotatable bonds is 20. The van der Waals surface area contributed by atoms with E-state index >= 15 is 0 Å². The molecule has 0 aliphatic carbocycles. The van der Waals surface area contributed by atoms with Crippen LogP contribution in [0.25, 0.3) is 0 Å². The number of hydrogen-bond donors (Lipinski definition) is 3. The molecular formula is C45H94O8. The Balaban J connectivity index is -0.0000000979. The maximum Gasteiger partial charge on any atom is 0.145 e. The molecule has 5 N–H and O–H groups in total. The minimum Gasteiger partial charge on any atom is -0.412 e. The Kier molecular flexibility index (Phi) is 57.9. The predicted molar refractivity (Wildman–Crippen MR) is 229 cm³/mol. The van der Waals surface area contributed by atoms with E-state index in [1.54, 1.807) is 0 Å². The van der Waals surface area contributed by atoms with Gasteiger partial charge in [-0.3, -0.25) is 4.79 Å². The molecule has 0 aromatic heterocycles. The van der Waals surface area contributed by atoms with Gasteiger partial charge in [-0.25, -0.2) is 0 Å². The Bertz CT molecular complexity index is 769. The third-order valence-electron chi connectivity index (χ3n) is 7.85. The van der Waals surface area contributed by atoms with E-state index < -0.39 is 6.10 Å². The molecule has 8 nitrogen and oxygen atoms in total. The van der Waals surface area contributed by atoms with E-state index in [1.165, 1.54) is 12.8 Å². The van der Waals surface area contributed by atoms with Crippen LogP contribution in [-0.4, -0.2) is 65.3 Å². The Morgan fingerprint density at radius 3 is 1.11 bits per heavy atom. The van der Waals surface area contributed by atoms with Crippen molar-refractivity contribution < 1.29 is 40.0 Å². The highest BCUT2D eigenvalue weighted by Gasteiger charge is 2.22. The van der Waals surface area contributed by atoms with E-state index in [4.69, 9.17) is 10.2 Å². The largest absolute Gasteiger partial charge is 0.412 e. The molecule has 0 rings (SSSR count). The van der Waals surface area contributed by atoms with E-state index in [0.717, 1.165) is 49.5 Å². The van der Waals surface area contributed by atoms with Crippen molar-refractivity contribution in [2.24, 2.45) is 65.1 Å². The fraction of sp³-hybridized carbons (Fsp3) is 0.867. The van der Waals surface area contributed by atoms with Gasteiger partial charge in [-0.05, 0) is 90.4 Å². The summed E-state index contributed by atoms with van der Waals surface area (Å²) in [5.41, 5.74) is 0.929. The lowest BCUT2D eigenvalue weighted by Gasteiger charge is -2.22. The van der Waals surface area contributed by atoms with Crippen LogP contribution in [0.3, 0.4) is 0 Å². The number of hydrogen-bond acceptors (Lipinski definition) is 7. The van der Waals surface area contributed by atoms with Crippen molar-refractivity contribution >= 4 is 25.1 Å². The molecule has 0 aromatic rings. The second-order valence-electron chi connectivity index (χ2n) is 17.4. The number of aliphatic hydroxyl groups excluding tert-OH is 3. The number of carbonyl (C=O) groups is 4. The summed E-state index contributed by atoms with van der Waals surface area (Å²) in [6.45, 7) is 38.2. The van der Waals surface area contributed by atoms with E-state index in [2.05, 4.69) is 55.4 Å². The molecule has 0 amide bonds. The van der Waals surface area contributed by atoms with Gasteiger partial charge in [0.25, 0.3) is 0 Å². The van der Waals surface area contributed by atoms with E-state index in [9.17, 15) is 24.3 Å². The minimum absolute atomic E-state index is 0. The van der Waals surface area contributed by atoms with Crippen LogP contribution in [-0.2, 0) is 19.2 Å². The van der Waals surface area contributed by atoms with Crippen LogP contribution in [0.4, 0.5) is 0 Å². The fourth-order valence-electron chi connectivity index (χ4n) is 3.95. The third kappa shape index (κ3) is 62.5. The van der Waals surface area contributed by atoms with Crippen molar-refractivity contribution in [3.8, 4) is 0 Å². The highest BCUT2D eigenvalue weighted by Crippen LogP contribution is 2.19. The number of aldehydes is 4. The van der Waals surface area contributed by atoms with Crippen LogP contribution in [0, 0.1) is 65.1 Å². The molecule has 0 heterocycles. The van der Waals surface area contributed by atoms with Crippen LogP contribution >= 0.6 is 0 Å². The van der Waals surface area contributed by atoms with Crippen molar-refractivity contribution in [3.05, 3.63) is 11.6 Å². The molecule has 322 valence electrons. The first-order valence-electron chi connectivity index (χ1n) is 20.3. The monoisotopic (exact) mass is 763 g/mol. The molecular weight excluding hydrogens is 668 g/mol. The summed E-state index contributed by atoms with van der Waals surface area (Å²) in [5, 5.41) is 26.9. The highest BCUT2D eigenvalue weighted by atomic mass is 16.3. The molecule has 0 radical (unpaired) electrons. The molecule has 3 atom stereocenters. The average Bonchev–Trinajstić information content (AvgIpc) is 2.98. The Morgan fingerprint density at radius 2 is 0.943 bits per heavy atom. The molecule has 0 aliphatic rings. The minimum atomic E-state index is -0.470. The second-order valence-corrected chi connectivity index (χ2v) is 17.4. The summed E-state index contributed by atoms with van der Waals surface area (Å²) in [6, 6.07) is 0. The summed E-state index contributed by atoms with van der Waals surface area (Å²) in [5.74, 6) is 5.10. The summed E-state index contributed by atoms with van der Waals surface area (Å²) in [7, 11) is 0.